The summed E-state index contributed by atoms with van der Waals surface area (Å²) >= 11 is 19.4. The molecular weight excluding hydrogens is 375 g/mol. The molecular formula is C16H9Cl3N2OS. The highest BCUT2D eigenvalue weighted by atomic mass is 35.5. The van der Waals surface area contributed by atoms with Crippen LogP contribution in [0.15, 0.2) is 47.6 Å². The third kappa shape index (κ3) is 3.51. The van der Waals surface area contributed by atoms with E-state index in [-0.39, 0.29) is 5.91 Å². The molecule has 0 saturated carbocycles. The fourth-order valence-electron chi connectivity index (χ4n) is 1.98. The van der Waals surface area contributed by atoms with Crippen molar-refractivity contribution in [2.75, 3.05) is 0 Å². The number of carbonyl (C=O) groups is 1. The van der Waals surface area contributed by atoms with E-state index < -0.39 is 0 Å². The van der Waals surface area contributed by atoms with Crippen LogP contribution in [-0.2, 0) is 0 Å². The van der Waals surface area contributed by atoms with Gasteiger partial charge in [-0.15, -0.1) is 11.3 Å². The van der Waals surface area contributed by atoms with E-state index in [1.165, 1.54) is 17.6 Å². The van der Waals surface area contributed by atoms with E-state index in [0.29, 0.717) is 25.5 Å². The average Bonchev–Trinajstić information content (AvgIpc) is 2.87. The van der Waals surface area contributed by atoms with E-state index in [1.54, 1.807) is 18.2 Å². The zero-order chi connectivity index (χ0) is 16.4. The Balaban J connectivity index is 1.78. The predicted octanol–water partition coefficient (Wildman–Crippen LogP) is 5.63. The number of benzene rings is 2. The van der Waals surface area contributed by atoms with Gasteiger partial charge in [-0.2, -0.15) is 5.10 Å². The summed E-state index contributed by atoms with van der Waals surface area (Å²) in [6, 6.07) is 12.6. The van der Waals surface area contributed by atoms with Gasteiger partial charge in [0.15, 0.2) is 0 Å². The number of hydrazone groups is 1. The van der Waals surface area contributed by atoms with Crippen molar-refractivity contribution in [2.24, 2.45) is 5.10 Å². The summed E-state index contributed by atoms with van der Waals surface area (Å²) < 4.78 is 0.951. The molecule has 1 aromatic heterocycles. The Morgan fingerprint density at radius 3 is 2.65 bits per heavy atom. The van der Waals surface area contributed by atoms with Crippen molar-refractivity contribution >= 4 is 68.3 Å². The first kappa shape index (κ1) is 16.3. The third-order valence-electron chi connectivity index (χ3n) is 3.07. The molecule has 0 spiro atoms. The van der Waals surface area contributed by atoms with Crippen molar-refractivity contribution in [3.63, 3.8) is 0 Å². The molecule has 0 bridgehead atoms. The molecule has 0 fully saturated rings. The summed E-state index contributed by atoms with van der Waals surface area (Å²) in [6.45, 7) is 0. The molecule has 0 radical (unpaired) electrons. The Kier molecular flexibility index (Phi) is 4.87. The molecule has 3 nitrogen and oxygen atoms in total. The number of nitrogens with one attached hydrogen (secondary N) is 1. The number of fused-ring (bicyclic) bond motifs is 1. The van der Waals surface area contributed by atoms with Gasteiger partial charge in [-0.3, -0.25) is 4.79 Å². The van der Waals surface area contributed by atoms with Gasteiger partial charge in [0.2, 0.25) is 0 Å². The summed E-state index contributed by atoms with van der Waals surface area (Å²) in [5, 5.41) is 6.19. The number of halogens is 3. The molecule has 0 unspecified atom stereocenters. The highest BCUT2D eigenvalue weighted by Crippen LogP contribution is 2.34. The molecule has 3 rings (SSSR count). The van der Waals surface area contributed by atoms with Crippen LogP contribution in [0.25, 0.3) is 10.1 Å². The number of thiophene rings is 1. The van der Waals surface area contributed by atoms with Gasteiger partial charge in [-0.05, 0) is 18.2 Å². The largest absolute Gasteiger partial charge is 0.283 e. The van der Waals surface area contributed by atoms with E-state index >= 15 is 0 Å². The van der Waals surface area contributed by atoms with E-state index in [1.807, 2.05) is 24.3 Å². The standard InChI is InChI=1S/C16H9Cl3N2OS/c17-10-6-5-9(12(18)7-10)8-20-21-16(22)15-14(19)11-3-1-2-4-13(11)23-15/h1-8H,(H,21,22). The summed E-state index contributed by atoms with van der Waals surface area (Å²) in [5.74, 6) is -0.363. The molecule has 1 N–H and O–H groups in total. The Morgan fingerprint density at radius 2 is 1.91 bits per heavy atom. The number of carbonyl (C=O) groups excluding carboxylic acids is 1. The molecule has 116 valence electrons. The molecule has 0 aliphatic carbocycles. The molecule has 23 heavy (non-hydrogen) atoms. The van der Waals surface area contributed by atoms with Crippen molar-refractivity contribution in [1.29, 1.82) is 0 Å². The average molecular weight is 384 g/mol. The highest BCUT2D eigenvalue weighted by Gasteiger charge is 2.16. The van der Waals surface area contributed by atoms with Gasteiger partial charge in [0.05, 0.1) is 16.3 Å². The maximum atomic E-state index is 12.2. The van der Waals surface area contributed by atoms with Gasteiger partial charge in [-0.25, -0.2) is 5.43 Å². The van der Waals surface area contributed by atoms with Gasteiger partial charge < -0.3 is 0 Å². The highest BCUT2D eigenvalue weighted by molar-refractivity contribution is 7.21. The first-order valence-electron chi connectivity index (χ1n) is 6.52. The van der Waals surface area contributed by atoms with Gasteiger partial charge in [-0.1, -0.05) is 59.1 Å². The van der Waals surface area contributed by atoms with Gasteiger partial charge >= 0.3 is 0 Å². The minimum Gasteiger partial charge on any atom is -0.266 e. The first-order valence-corrected chi connectivity index (χ1v) is 8.47. The molecule has 1 amide bonds. The van der Waals surface area contributed by atoms with Crippen molar-refractivity contribution in [1.82, 2.24) is 5.43 Å². The Hall–Kier alpha value is -1.59. The van der Waals surface area contributed by atoms with Crippen LogP contribution in [0, 0.1) is 0 Å². The van der Waals surface area contributed by atoms with Crippen LogP contribution in [0.2, 0.25) is 15.1 Å². The van der Waals surface area contributed by atoms with Crippen molar-refractivity contribution in [3.8, 4) is 0 Å². The molecule has 0 saturated heterocycles. The van der Waals surface area contributed by atoms with Crippen LogP contribution < -0.4 is 5.43 Å². The lowest BCUT2D eigenvalue weighted by Crippen LogP contribution is -2.16. The SMILES string of the molecule is O=C(NN=Cc1ccc(Cl)cc1Cl)c1sc2ccccc2c1Cl. The lowest BCUT2D eigenvalue weighted by Gasteiger charge is -1.99. The van der Waals surface area contributed by atoms with Crippen LogP contribution in [0.3, 0.4) is 0 Å². The molecule has 0 aliphatic rings. The van der Waals surface area contributed by atoms with E-state index in [9.17, 15) is 4.79 Å². The van der Waals surface area contributed by atoms with Crippen LogP contribution >= 0.6 is 46.1 Å². The third-order valence-corrected chi connectivity index (χ3v) is 5.31. The smallest absolute Gasteiger partial charge is 0.266 e. The van der Waals surface area contributed by atoms with Crippen LogP contribution in [0.5, 0.6) is 0 Å². The number of hydrogen-bond donors (Lipinski definition) is 1. The fraction of sp³-hybridized carbons (Fsp3) is 0. The maximum absolute atomic E-state index is 12.2. The predicted molar refractivity (Wildman–Crippen MR) is 98.4 cm³/mol. The summed E-state index contributed by atoms with van der Waals surface area (Å²) in [4.78, 5) is 12.6. The summed E-state index contributed by atoms with van der Waals surface area (Å²) in [6.07, 6.45) is 1.46. The van der Waals surface area contributed by atoms with Gasteiger partial charge in [0.1, 0.15) is 4.88 Å². The lowest BCUT2D eigenvalue weighted by molar-refractivity contribution is 0.0959. The topological polar surface area (TPSA) is 41.5 Å². The van der Waals surface area contributed by atoms with E-state index in [2.05, 4.69) is 10.5 Å². The zero-order valence-corrected chi connectivity index (χ0v) is 14.6. The normalized spacial score (nSPS) is 11.3. The van der Waals surface area contributed by atoms with Crippen molar-refractivity contribution in [2.45, 2.75) is 0 Å². The summed E-state index contributed by atoms with van der Waals surface area (Å²) in [7, 11) is 0. The first-order chi connectivity index (χ1) is 11.1. The molecule has 1 heterocycles. The Bertz CT molecular complexity index is 921. The lowest BCUT2D eigenvalue weighted by atomic mass is 10.2. The van der Waals surface area contributed by atoms with Gasteiger partial charge in [0.25, 0.3) is 5.91 Å². The molecule has 3 aromatic rings. The summed E-state index contributed by atoms with van der Waals surface area (Å²) in [5.41, 5.74) is 3.11. The molecule has 2 aromatic carbocycles. The molecule has 0 atom stereocenters. The maximum Gasteiger partial charge on any atom is 0.283 e. The fourth-order valence-corrected chi connectivity index (χ4v) is 3.84. The number of amides is 1. The Morgan fingerprint density at radius 1 is 1.13 bits per heavy atom. The zero-order valence-electron chi connectivity index (χ0n) is 11.5. The van der Waals surface area contributed by atoms with E-state index in [4.69, 9.17) is 34.8 Å². The second-order valence-electron chi connectivity index (χ2n) is 4.61. The second-order valence-corrected chi connectivity index (χ2v) is 6.88. The van der Waals surface area contributed by atoms with Gasteiger partial charge in [0, 0.05) is 20.7 Å². The quantitative estimate of drug-likeness (QED) is 0.462. The molecule has 7 heteroatoms. The Labute approximate surface area is 151 Å². The number of hydrogen-bond acceptors (Lipinski definition) is 3. The monoisotopic (exact) mass is 382 g/mol. The minimum absolute atomic E-state index is 0.363. The molecule has 0 aliphatic heterocycles. The number of nitrogens with zero attached hydrogens (tertiary/aromatic N) is 1. The van der Waals surface area contributed by atoms with E-state index in [0.717, 1.165) is 10.1 Å². The second kappa shape index (κ2) is 6.89. The minimum atomic E-state index is -0.363. The van der Waals surface area contributed by atoms with Crippen molar-refractivity contribution < 1.29 is 4.79 Å². The van der Waals surface area contributed by atoms with Crippen LogP contribution in [0.1, 0.15) is 15.2 Å². The van der Waals surface area contributed by atoms with Crippen LogP contribution in [-0.4, -0.2) is 12.1 Å². The van der Waals surface area contributed by atoms with Crippen molar-refractivity contribution in [3.05, 3.63) is 68.0 Å². The number of rotatable bonds is 3. The van der Waals surface area contributed by atoms with Crippen LogP contribution in [0.4, 0.5) is 0 Å².